The third kappa shape index (κ3) is 2.69. The number of rotatable bonds is 3. The van der Waals surface area contributed by atoms with Crippen LogP contribution in [0.4, 0.5) is 0 Å². The maximum absolute atomic E-state index is 11.8. The van der Waals surface area contributed by atoms with Crippen molar-refractivity contribution in [2.45, 2.75) is 26.7 Å². The highest BCUT2D eigenvalue weighted by Gasteiger charge is 2.25. The van der Waals surface area contributed by atoms with Crippen molar-refractivity contribution in [3.8, 4) is 0 Å². The summed E-state index contributed by atoms with van der Waals surface area (Å²) in [6.07, 6.45) is 1.96. The minimum atomic E-state index is 0.107. The van der Waals surface area contributed by atoms with Gasteiger partial charge in [0, 0.05) is 19.0 Å². The van der Waals surface area contributed by atoms with Gasteiger partial charge in [-0.2, -0.15) is 0 Å². The minimum absolute atomic E-state index is 0.107. The Morgan fingerprint density at radius 1 is 1.69 bits per heavy atom. The van der Waals surface area contributed by atoms with Crippen molar-refractivity contribution < 1.29 is 4.79 Å². The topological polar surface area (TPSA) is 46.3 Å². The molecule has 0 aromatic heterocycles. The van der Waals surface area contributed by atoms with E-state index in [0.29, 0.717) is 12.5 Å². The van der Waals surface area contributed by atoms with E-state index >= 15 is 0 Å². The molecule has 0 bridgehead atoms. The summed E-state index contributed by atoms with van der Waals surface area (Å²) in [5.41, 5.74) is 5.42. The van der Waals surface area contributed by atoms with E-state index in [1.165, 1.54) is 0 Å². The first kappa shape index (κ1) is 10.5. The van der Waals surface area contributed by atoms with Gasteiger partial charge >= 0.3 is 0 Å². The number of carbonyl (C=O) groups is 1. The van der Waals surface area contributed by atoms with E-state index in [1.54, 1.807) is 0 Å². The summed E-state index contributed by atoms with van der Waals surface area (Å²) in [4.78, 5) is 13.7. The zero-order valence-electron chi connectivity index (χ0n) is 8.62. The molecule has 3 nitrogen and oxygen atoms in total. The van der Waals surface area contributed by atoms with Crippen LogP contribution in [-0.4, -0.2) is 30.4 Å². The van der Waals surface area contributed by atoms with Gasteiger partial charge < -0.3 is 10.6 Å². The summed E-state index contributed by atoms with van der Waals surface area (Å²) >= 11 is 0. The molecular weight excluding hydrogens is 164 g/mol. The van der Waals surface area contributed by atoms with E-state index in [4.69, 9.17) is 5.73 Å². The zero-order chi connectivity index (χ0) is 9.84. The lowest BCUT2D eigenvalue weighted by atomic mass is 10.1. The standard InChI is InChI=1S/C10H20N2O/c1-8-4-6-12(7-8)10(13)9(2)3-5-11/h8-9H,3-7,11H2,1-2H3. The van der Waals surface area contributed by atoms with Crippen LogP contribution in [-0.2, 0) is 4.79 Å². The van der Waals surface area contributed by atoms with Crippen molar-refractivity contribution in [2.75, 3.05) is 19.6 Å². The Kier molecular flexibility index (Phi) is 3.72. The van der Waals surface area contributed by atoms with Crippen LogP contribution in [0.2, 0.25) is 0 Å². The second kappa shape index (κ2) is 4.61. The van der Waals surface area contributed by atoms with E-state index in [0.717, 1.165) is 25.9 Å². The molecule has 13 heavy (non-hydrogen) atoms. The van der Waals surface area contributed by atoms with Gasteiger partial charge in [0.1, 0.15) is 0 Å². The molecule has 1 heterocycles. The molecule has 1 saturated heterocycles. The quantitative estimate of drug-likeness (QED) is 0.706. The van der Waals surface area contributed by atoms with Crippen LogP contribution in [0.25, 0.3) is 0 Å². The van der Waals surface area contributed by atoms with Gasteiger partial charge in [-0.1, -0.05) is 13.8 Å². The Morgan fingerprint density at radius 3 is 2.85 bits per heavy atom. The highest BCUT2D eigenvalue weighted by molar-refractivity contribution is 5.78. The normalized spacial score (nSPS) is 24.8. The smallest absolute Gasteiger partial charge is 0.225 e. The van der Waals surface area contributed by atoms with Crippen molar-refractivity contribution in [3.05, 3.63) is 0 Å². The first-order chi connectivity index (χ1) is 6.15. The number of amides is 1. The average Bonchev–Trinajstić information content (AvgIpc) is 2.51. The van der Waals surface area contributed by atoms with Gasteiger partial charge in [0.25, 0.3) is 0 Å². The van der Waals surface area contributed by atoms with Crippen molar-refractivity contribution in [2.24, 2.45) is 17.6 Å². The molecule has 0 aromatic carbocycles. The number of likely N-dealkylation sites (tertiary alicyclic amines) is 1. The number of carbonyl (C=O) groups excluding carboxylic acids is 1. The molecule has 76 valence electrons. The largest absolute Gasteiger partial charge is 0.342 e. The van der Waals surface area contributed by atoms with Gasteiger partial charge in [-0.25, -0.2) is 0 Å². The van der Waals surface area contributed by atoms with E-state index in [2.05, 4.69) is 6.92 Å². The second-order valence-electron chi connectivity index (χ2n) is 4.16. The maximum atomic E-state index is 11.8. The molecule has 0 radical (unpaired) electrons. The van der Waals surface area contributed by atoms with Crippen LogP contribution in [0.3, 0.4) is 0 Å². The van der Waals surface area contributed by atoms with Gasteiger partial charge in [0.15, 0.2) is 0 Å². The Hall–Kier alpha value is -0.570. The van der Waals surface area contributed by atoms with E-state index in [9.17, 15) is 4.79 Å². The summed E-state index contributed by atoms with van der Waals surface area (Å²) in [6, 6.07) is 0. The van der Waals surface area contributed by atoms with Crippen molar-refractivity contribution in [1.29, 1.82) is 0 Å². The predicted octanol–water partition coefficient (Wildman–Crippen LogP) is 0.840. The first-order valence-corrected chi connectivity index (χ1v) is 5.14. The fourth-order valence-corrected chi connectivity index (χ4v) is 1.82. The summed E-state index contributed by atoms with van der Waals surface area (Å²) in [7, 11) is 0. The molecule has 3 heteroatoms. The van der Waals surface area contributed by atoms with Crippen LogP contribution in [0.15, 0.2) is 0 Å². The lowest BCUT2D eigenvalue weighted by Crippen LogP contribution is -2.34. The Bertz CT molecular complexity index is 182. The van der Waals surface area contributed by atoms with Gasteiger partial charge in [-0.05, 0) is 25.3 Å². The maximum Gasteiger partial charge on any atom is 0.225 e. The first-order valence-electron chi connectivity index (χ1n) is 5.14. The number of nitrogens with zero attached hydrogens (tertiary/aromatic N) is 1. The molecule has 0 spiro atoms. The molecule has 0 saturated carbocycles. The molecule has 1 aliphatic heterocycles. The molecule has 1 amide bonds. The molecule has 0 aliphatic carbocycles. The second-order valence-corrected chi connectivity index (χ2v) is 4.16. The lowest BCUT2D eigenvalue weighted by molar-refractivity contribution is -0.134. The molecule has 1 rings (SSSR count). The van der Waals surface area contributed by atoms with Crippen LogP contribution >= 0.6 is 0 Å². The van der Waals surface area contributed by atoms with Gasteiger partial charge in [0.05, 0.1) is 0 Å². The third-order valence-corrected chi connectivity index (χ3v) is 2.76. The van der Waals surface area contributed by atoms with Crippen LogP contribution in [0.1, 0.15) is 26.7 Å². The lowest BCUT2D eigenvalue weighted by Gasteiger charge is -2.20. The van der Waals surface area contributed by atoms with Gasteiger partial charge in [0.2, 0.25) is 5.91 Å². The summed E-state index contributed by atoms with van der Waals surface area (Å²) in [5, 5.41) is 0. The van der Waals surface area contributed by atoms with Crippen molar-refractivity contribution in [1.82, 2.24) is 4.90 Å². The molecule has 1 fully saturated rings. The predicted molar refractivity (Wildman–Crippen MR) is 53.2 cm³/mol. The molecule has 1 aliphatic rings. The summed E-state index contributed by atoms with van der Waals surface area (Å²) < 4.78 is 0. The Balaban J connectivity index is 2.38. The average molecular weight is 184 g/mol. The van der Waals surface area contributed by atoms with Crippen molar-refractivity contribution >= 4 is 5.91 Å². The third-order valence-electron chi connectivity index (χ3n) is 2.76. The van der Waals surface area contributed by atoms with Gasteiger partial charge in [-0.3, -0.25) is 4.79 Å². The van der Waals surface area contributed by atoms with Crippen LogP contribution in [0, 0.1) is 11.8 Å². The van der Waals surface area contributed by atoms with E-state index < -0.39 is 0 Å². The molecule has 2 atom stereocenters. The van der Waals surface area contributed by atoms with Crippen LogP contribution < -0.4 is 5.73 Å². The van der Waals surface area contributed by atoms with Crippen LogP contribution in [0.5, 0.6) is 0 Å². The van der Waals surface area contributed by atoms with E-state index in [1.807, 2.05) is 11.8 Å². The Morgan fingerprint density at radius 2 is 2.38 bits per heavy atom. The fraction of sp³-hybridized carbons (Fsp3) is 0.900. The summed E-state index contributed by atoms with van der Waals surface area (Å²) in [5.74, 6) is 1.07. The summed E-state index contributed by atoms with van der Waals surface area (Å²) in [6.45, 7) is 6.65. The monoisotopic (exact) mass is 184 g/mol. The van der Waals surface area contributed by atoms with E-state index in [-0.39, 0.29) is 11.8 Å². The Labute approximate surface area is 80.3 Å². The number of nitrogens with two attached hydrogens (primary N) is 1. The van der Waals surface area contributed by atoms with Crippen molar-refractivity contribution in [3.63, 3.8) is 0 Å². The SMILES string of the molecule is CC1CCN(C(=O)C(C)CCN)C1. The zero-order valence-corrected chi connectivity index (χ0v) is 8.62. The van der Waals surface area contributed by atoms with Gasteiger partial charge in [-0.15, -0.1) is 0 Å². The molecule has 2 N–H and O–H groups in total. The highest BCUT2D eigenvalue weighted by Crippen LogP contribution is 2.18. The molecule has 0 aromatic rings. The number of hydrogen-bond donors (Lipinski definition) is 1. The minimum Gasteiger partial charge on any atom is -0.342 e. The molecule has 2 unspecified atom stereocenters. The highest BCUT2D eigenvalue weighted by atomic mass is 16.2. The fourth-order valence-electron chi connectivity index (χ4n) is 1.82. The molecular formula is C10H20N2O. The number of hydrogen-bond acceptors (Lipinski definition) is 2.